The van der Waals surface area contributed by atoms with Crippen molar-refractivity contribution in [2.24, 2.45) is 7.05 Å². The van der Waals surface area contributed by atoms with Gasteiger partial charge in [0.25, 0.3) is 6.43 Å². The molecular weight excluding hydrogens is 330 g/mol. The number of alkyl halides is 2. The van der Waals surface area contributed by atoms with Crippen LogP contribution in [0.25, 0.3) is 0 Å². The van der Waals surface area contributed by atoms with Crippen LogP contribution in [-0.4, -0.2) is 52.2 Å². The van der Waals surface area contributed by atoms with Gasteiger partial charge < -0.3 is 14.6 Å². The Morgan fingerprint density at radius 2 is 1.88 bits per heavy atom. The zero-order chi connectivity index (χ0) is 18.0. The van der Waals surface area contributed by atoms with Gasteiger partial charge >= 0.3 is 0 Å². The molecule has 1 fully saturated rings. The number of rotatable bonds is 4. The normalized spacial score (nSPS) is 17.0. The molecule has 0 saturated carbocycles. The first-order chi connectivity index (χ1) is 12.0. The predicted octanol–water partition coefficient (Wildman–Crippen LogP) is 1.61. The number of nitrogens with zero attached hydrogens (tertiary/aromatic N) is 4. The third-order valence-electron chi connectivity index (χ3n) is 4.51. The topological polar surface area (TPSA) is 61.6 Å². The fourth-order valence-corrected chi connectivity index (χ4v) is 3.20. The Morgan fingerprint density at radius 3 is 2.48 bits per heavy atom. The summed E-state index contributed by atoms with van der Waals surface area (Å²) in [6, 6.07) is 5.43. The number of pyridine rings is 2. The Bertz CT molecular complexity index is 774. The summed E-state index contributed by atoms with van der Waals surface area (Å²) in [6.07, 6.45) is 0.374. The highest BCUT2D eigenvalue weighted by atomic mass is 19.3. The molecule has 0 radical (unpaired) electrons. The van der Waals surface area contributed by atoms with Crippen LogP contribution in [0.15, 0.2) is 41.5 Å². The van der Waals surface area contributed by atoms with E-state index in [2.05, 4.69) is 4.98 Å². The van der Waals surface area contributed by atoms with E-state index in [4.69, 9.17) is 0 Å². The van der Waals surface area contributed by atoms with E-state index >= 15 is 0 Å². The lowest BCUT2D eigenvalue weighted by Gasteiger charge is -2.39. The summed E-state index contributed by atoms with van der Waals surface area (Å²) in [5.41, 5.74) is -0.695. The molecular formula is C17H20F2N4O2. The zero-order valence-corrected chi connectivity index (χ0v) is 13.8. The molecule has 25 heavy (non-hydrogen) atoms. The van der Waals surface area contributed by atoms with Crippen LogP contribution in [0.5, 0.6) is 5.75 Å². The molecule has 8 heteroatoms. The number of hydrogen-bond donors (Lipinski definition) is 1. The van der Waals surface area contributed by atoms with E-state index in [0.29, 0.717) is 26.2 Å². The molecule has 3 rings (SSSR count). The Balaban J connectivity index is 1.82. The third kappa shape index (κ3) is 3.48. The monoisotopic (exact) mass is 350 g/mol. The highest BCUT2D eigenvalue weighted by molar-refractivity contribution is 5.38. The first kappa shape index (κ1) is 17.3. The summed E-state index contributed by atoms with van der Waals surface area (Å²) in [4.78, 5) is 19.6. The first-order valence-corrected chi connectivity index (χ1v) is 8.05. The van der Waals surface area contributed by atoms with Crippen molar-refractivity contribution in [2.75, 3.05) is 31.1 Å². The molecule has 0 aromatic carbocycles. The van der Waals surface area contributed by atoms with Gasteiger partial charge in [0.1, 0.15) is 11.9 Å². The number of hydrogen-bond acceptors (Lipinski definition) is 5. The summed E-state index contributed by atoms with van der Waals surface area (Å²) < 4.78 is 29.0. The Kier molecular flexibility index (Phi) is 4.98. The SMILES string of the molecule is Cn1ccc(=O)c(O)c1C(C(F)F)N1CCN(c2ccccn2)CC1. The van der Waals surface area contributed by atoms with E-state index in [0.717, 1.165) is 5.82 Å². The number of anilines is 1. The fraction of sp³-hybridized carbons (Fsp3) is 0.412. The summed E-state index contributed by atoms with van der Waals surface area (Å²) in [5, 5.41) is 10.0. The molecule has 3 heterocycles. The number of aromatic nitrogens is 2. The van der Waals surface area contributed by atoms with Gasteiger partial charge in [0.05, 0.1) is 5.69 Å². The molecule has 1 unspecified atom stereocenters. The van der Waals surface area contributed by atoms with Gasteiger partial charge in [-0.1, -0.05) is 6.07 Å². The van der Waals surface area contributed by atoms with Gasteiger partial charge in [-0.15, -0.1) is 0 Å². The van der Waals surface area contributed by atoms with Crippen LogP contribution in [0.2, 0.25) is 0 Å². The van der Waals surface area contributed by atoms with Crippen LogP contribution < -0.4 is 10.3 Å². The molecule has 2 aromatic rings. The number of aromatic hydroxyl groups is 1. The molecule has 1 aliphatic rings. The maximum Gasteiger partial charge on any atom is 0.259 e. The number of aryl methyl sites for hydroxylation is 1. The molecule has 0 spiro atoms. The van der Waals surface area contributed by atoms with Gasteiger partial charge in [0.15, 0.2) is 5.75 Å². The molecule has 6 nitrogen and oxygen atoms in total. The van der Waals surface area contributed by atoms with Crippen molar-refractivity contribution in [2.45, 2.75) is 12.5 Å². The summed E-state index contributed by atoms with van der Waals surface area (Å²) >= 11 is 0. The van der Waals surface area contributed by atoms with Crippen molar-refractivity contribution in [1.29, 1.82) is 0 Å². The van der Waals surface area contributed by atoms with Gasteiger partial charge in [-0.3, -0.25) is 9.69 Å². The molecule has 0 amide bonds. The lowest BCUT2D eigenvalue weighted by Crippen LogP contribution is -2.49. The van der Waals surface area contributed by atoms with Crippen molar-refractivity contribution >= 4 is 5.82 Å². The van der Waals surface area contributed by atoms with Gasteiger partial charge in [0.2, 0.25) is 5.43 Å². The minimum atomic E-state index is -2.72. The van der Waals surface area contributed by atoms with Crippen molar-refractivity contribution in [1.82, 2.24) is 14.5 Å². The molecule has 1 atom stereocenters. The van der Waals surface area contributed by atoms with Crippen molar-refractivity contribution in [3.8, 4) is 5.75 Å². The van der Waals surface area contributed by atoms with Gasteiger partial charge in [-0.25, -0.2) is 13.8 Å². The second-order valence-electron chi connectivity index (χ2n) is 6.01. The quantitative estimate of drug-likeness (QED) is 0.908. The zero-order valence-electron chi connectivity index (χ0n) is 13.8. The Labute approximate surface area is 143 Å². The molecule has 1 aliphatic heterocycles. The maximum absolute atomic E-state index is 13.8. The van der Waals surface area contributed by atoms with Crippen molar-refractivity contribution < 1.29 is 13.9 Å². The summed E-state index contributed by atoms with van der Waals surface area (Å²) in [6.45, 7) is 1.85. The number of piperazine rings is 1. The third-order valence-corrected chi connectivity index (χ3v) is 4.51. The summed E-state index contributed by atoms with van der Waals surface area (Å²) in [7, 11) is 1.55. The van der Waals surface area contributed by atoms with Crippen LogP contribution in [0.3, 0.4) is 0 Å². The lowest BCUT2D eigenvalue weighted by atomic mass is 10.1. The van der Waals surface area contributed by atoms with Crippen LogP contribution in [-0.2, 0) is 7.05 Å². The van der Waals surface area contributed by atoms with Crippen molar-refractivity contribution in [3.63, 3.8) is 0 Å². The molecule has 0 aliphatic carbocycles. The first-order valence-electron chi connectivity index (χ1n) is 8.05. The average molecular weight is 350 g/mol. The summed E-state index contributed by atoms with van der Waals surface area (Å²) in [5.74, 6) is 0.202. The van der Waals surface area contributed by atoms with E-state index in [9.17, 15) is 18.7 Å². The van der Waals surface area contributed by atoms with Gasteiger partial charge in [0, 0.05) is 51.7 Å². The number of halogens is 2. The molecule has 1 N–H and O–H groups in total. The van der Waals surface area contributed by atoms with E-state index < -0.39 is 23.6 Å². The largest absolute Gasteiger partial charge is 0.503 e. The average Bonchev–Trinajstić information content (AvgIpc) is 2.63. The van der Waals surface area contributed by atoms with E-state index in [1.165, 1.54) is 16.8 Å². The highest BCUT2D eigenvalue weighted by Crippen LogP contribution is 2.32. The van der Waals surface area contributed by atoms with Crippen LogP contribution in [0.4, 0.5) is 14.6 Å². The standard InChI is InChI=1S/C17H20F2N4O2/c1-21-7-5-12(24)16(25)14(21)15(17(18)19)23-10-8-22(9-11-23)13-4-2-3-6-20-13/h2-7,15,17,25H,8-11H2,1H3. The Hall–Kier alpha value is -2.48. The minimum absolute atomic E-state index is 0.0474. The van der Waals surface area contributed by atoms with Crippen LogP contribution in [0, 0.1) is 0 Å². The second kappa shape index (κ2) is 7.18. The van der Waals surface area contributed by atoms with E-state index in [1.54, 1.807) is 18.1 Å². The minimum Gasteiger partial charge on any atom is -0.503 e. The van der Waals surface area contributed by atoms with Crippen LogP contribution in [0.1, 0.15) is 11.7 Å². The molecule has 0 bridgehead atoms. The Morgan fingerprint density at radius 1 is 1.16 bits per heavy atom. The van der Waals surface area contributed by atoms with E-state index in [-0.39, 0.29) is 5.69 Å². The fourth-order valence-electron chi connectivity index (χ4n) is 3.20. The maximum atomic E-state index is 13.8. The van der Waals surface area contributed by atoms with Gasteiger partial charge in [-0.2, -0.15) is 0 Å². The second-order valence-corrected chi connectivity index (χ2v) is 6.01. The molecule has 134 valence electrons. The predicted molar refractivity (Wildman–Crippen MR) is 90.1 cm³/mol. The van der Waals surface area contributed by atoms with Crippen LogP contribution >= 0.6 is 0 Å². The van der Waals surface area contributed by atoms with E-state index in [1.807, 2.05) is 23.1 Å². The molecule has 1 saturated heterocycles. The van der Waals surface area contributed by atoms with Gasteiger partial charge in [-0.05, 0) is 12.1 Å². The smallest absolute Gasteiger partial charge is 0.259 e. The lowest BCUT2D eigenvalue weighted by molar-refractivity contribution is 0.0157. The van der Waals surface area contributed by atoms with Crippen molar-refractivity contribution in [3.05, 3.63) is 52.6 Å². The molecule has 2 aromatic heterocycles. The highest BCUT2D eigenvalue weighted by Gasteiger charge is 2.35.